The number of halogens is 2. The van der Waals surface area contributed by atoms with Gasteiger partial charge < -0.3 is 20.3 Å². The Hall–Kier alpha value is -3.48. The summed E-state index contributed by atoms with van der Waals surface area (Å²) in [5.41, 5.74) is 1.22. The molecule has 1 heterocycles. The number of pyridine rings is 1. The summed E-state index contributed by atoms with van der Waals surface area (Å²) in [6, 6.07) is 6.05. The quantitative estimate of drug-likeness (QED) is 0.165. The Labute approximate surface area is 228 Å². The SMILES string of the molecule is C/C(C=O)=C(Oc1ncc(N(C)S(N)=O)cc1Cl)/C(C(=O)NC1CC1)=C(/Nc1ccc(C)cc1F)N(C)C. The van der Waals surface area contributed by atoms with Crippen molar-refractivity contribution in [3.63, 3.8) is 0 Å². The number of anilines is 2. The second-order valence-corrected chi connectivity index (χ2v) is 10.5. The summed E-state index contributed by atoms with van der Waals surface area (Å²) in [6.07, 6.45) is 3.49. The molecular formula is C25H30ClFN6O4S. The number of aryl methyl sites for hydroxylation is 1. The van der Waals surface area contributed by atoms with Gasteiger partial charge in [0, 0.05) is 32.8 Å². The summed E-state index contributed by atoms with van der Waals surface area (Å²) < 4.78 is 33.6. The maximum Gasteiger partial charge on any atom is 0.259 e. The lowest BCUT2D eigenvalue weighted by Gasteiger charge is -2.25. The number of carbonyl (C=O) groups excluding carboxylic acids is 2. The smallest absolute Gasteiger partial charge is 0.259 e. The van der Waals surface area contributed by atoms with E-state index in [1.165, 1.54) is 36.6 Å². The number of benzene rings is 1. The first kappa shape index (κ1) is 29.1. The van der Waals surface area contributed by atoms with Crippen LogP contribution in [0.3, 0.4) is 0 Å². The molecule has 0 spiro atoms. The fourth-order valence-electron chi connectivity index (χ4n) is 3.30. The Kier molecular flexibility index (Phi) is 9.47. The zero-order valence-electron chi connectivity index (χ0n) is 21.7. The third kappa shape index (κ3) is 7.09. The lowest BCUT2D eigenvalue weighted by molar-refractivity contribution is -0.117. The van der Waals surface area contributed by atoms with E-state index >= 15 is 0 Å². The molecular weight excluding hydrogens is 535 g/mol. The topological polar surface area (TPSA) is 130 Å². The number of nitrogens with zero attached hydrogens (tertiary/aromatic N) is 3. The van der Waals surface area contributed by atoms with Gasteiger partial charge in [-0.25, -0.2) is 18.7 Å². The van der Waals surface area contributed by atoms with Crippen LogP contribution in [0.25, 0.3) is 0 Å². The van der Waals surface area contributed by atoms with E-state index in [2.05, 4.69) is 15.6 Å². The standard InChI is InChI=1S/C25H30ClFN6O4S/c1-14-6-9-20(19(27)10-14)31-23(32(3)4)21(24(35)30-16-7-8-16)22(15(2)13-34)37-25-18(26)11-17(12-29-25)33(5)38(28)36/h6,9-13,16,31H,7-8,28H2,1-5H3,(H,30,35)/b22-15+,23-21+. The molecule has 10 nitrogen and oxygen atoms in total. The average Bonchev–Trinajstić information content (AvgIpc) is 3.67. The number of hydrogen-bond donors (Lipinski definition) is 3. The van der Waals surface area contributed by atoms with Crippen molar-refractivity contribution in [2.45, 2.75) is 32.7 Å². The Morgan fingerprint density at radius 1 is 1.29 bits per heavy atom. The van der Waals surface area contributed by atoms with Crippen molar-refractivity contribution < 1.29 is 22.9 Å². The highest BCUT2D eigenvalue weighted by Gasteiger charge is 2.31. The molecule has 0 radical (unpaired) electrons. The predicted octanol–water partition coefficient (Wildman–Crippen LogP) is 3.17. The molecule has 2 aromatic rings. The van der Waals surface area contributed by atoms with E-state index in [-0.39, 0.29) is 45.4 Å². The van der Waals surface area contributed by atoms with Crippen molar-refractivity contribution in [2.75, 3.05) is 30.8 Å². The lowest BCUT2D eigenvalue weighted by Crippen LogP contribution is -2.34. The van der Waals surface area contributed by atoms with Gasteiger partial charge in [0.15, 0.2) is 16.9 Å². The molecule has 1 aliphatic carbocycles. The molecule has 1 atom stereocenters. The molecule has 1 unspecified atom stereocenters. The molecule has 4 N–H and O–H groups in total. The van der Waals surface area contributed by atoms with Crippen LogP contribution in [0, 0.1) is 12.7 Å². The van der Waals surface area contributed by atoms with Crippen LogP contribution in [0.2, 0.25) is 5.02 Å². The number of hydrogen-bond acceptors (Lipinski definition) is 7. The number of carbonyl (C=O) groups is 2. The van der Waals surface area contributed by atoms with Gasteiger partial charge in [-0.1, -0.05) is 17.7 Å². The maximum atomic E-state index is 14.8. The molecule has 1 fully saturated rings. The number of aromatic nitrogens is 1. The van der Waals surface area contributed by atoms with Gasteiger partial charge in [-0.15, -0.1) is 0 Å². The van der Waals surface area contributed by atoms with Crippen LogP contribution in [0.4, 0.5) is 15.8 Å². The predicted molar refractivity (Wildman–Crippen MR) is 146 cm³/mol. The van der Waals surface area contributed by atoms with Gasteiger partial charge in [-0.2, -0.15) is 0 Å². The first-order valence-corrected chi connectivity index (χ1v) is 13.1. The molecule has 204 valence electrons. The molecule has 1 amide bonds. The Bertz CT molecular complexity index is 1330. The van der Waals surface area contributed by atoms with Crippen LogP contribution in [0.15, 0.2) is 53.2 Å². The molecule has 3 rings (SSSR count). The van der Waals surface area contributed by atoms with Crippen LogP contribution in [0.1, 0.15) is 25.3 Å². The average molecular weight is 565 g/mol. The van der Waals surface area contributed by atoms with Gasteiger partial charge in [0.2, 0.25) is 5.88 Å². The zero-order chi connectivity index (χ0) is 28.1. The third-order valence-corrected chi connectivity index (χ3v) is 6.61. The molecule has 1 aromatic carbocycles. The van der Waals surface area contributed by atoms with Gasteiger partial charge in [-0.05, 0) is 50.5 Å². The summed E-state index contributed by atoms with van der Waals surface area (Å²) in [4.78, 5) is 31.3. The van der Waals surface area contributed by atoms with Crippen LogP contribution >= 0.6 is 11.6 Å². The van der Waals surface area contributed by atoms with E-state index in [0.29, 0.717) is 12.0 Å². The number of nitrogens with two attached hydrogens (primary N) is 1. The Morgan fingerprint density at radius 3 is 2.50 bits per heavy atom. The van der Waals surface area contributed by atoms with Crippen molar-refractivity contribution in [3.8, 4) is 5.88 Å². The molecule has 38 heavy (non-hydrogen) atoms. The molecule has 13 heteroatoms. The van der Waals surface area contributed by atoms with Gasteiger partial charge in [0.25, 0.3) is 5.91 Å². The van der Waals surface area contributed by atoms with Crippen LogP contribution in [0.5, 0.6) is 5.88 Å². The number of rotatable bonds is 11. The van der Waals surface area contributed by atoms with E-state index in [9.17, 15) is 18.2 Å². The first-order chi connectivity index (χ1) is 17.9. The summed E-state index contributed by atoms with van der Waals surface area (Å²) in [7, 11) is 4.82. The van der Waals surface area contributed by atoms with Crippen molar-refractivity contribution >= 4 is 46.3 Å². The highest BCUT2D eigenvalue weighted by molar-refractivity contribution is 7.84. The Balaban J connectivity index is 2.16. The van der Waals surface area contributed by atoms with Crippen molar-refractivity contribution in [2.24, 2.45) is 5.14 Å². The summed E-state index contributed by atoms with van der Waals surface area (Å²) >= 11 is 4.59. The third-order valence-electron chi connectivity index (χ3n) is 5.59. The number of nitrogens with one attached hydrogen (secondary N) is 2. The van der Waals surface area contributed by atoms with Crippen molar-refractivity contribution in [3.05, 3.63) is 69.6 Å². The second-order valence-electron chi connectivity index (χ2n) is 8.96. The zero-order valence-corrected chi connectivity index (χ0v) is 23.2. The number of allylic oxidation sites excluding steroid dienone is 1. The molecule has 1 aliphatic rings. The van der Waals surface area contributed by atoms with Gasteiger partial charge in [0.1, 0.15) is 28.5 Å². The maximum absolute atomic E-state index is 14.8. The number of ether oxygens (including phenoxy) is 1. The van der Waals surface area contributed by atoms with Crippen LogP contribution in [-0.2, 0) is 20.8 Å². The van der Waals surface area contributed by atoms with E-state index in [0.717, 1.165) is 18.4 Å². The minimum absolute atomic E-state index is 0.0156. The van der Waals surface area contributed by atoms with Crippen LogP contribution < -0.4 is 24.8 Å². The molecule has 0 bridgehead atoms. The van der Waals surface area contributed by atoms with Gasteiger partial charge in [0.05, 0.1) is 17.6 Å². The fourth-order valence-corrected chi connectivity index (χ4v) is 3.80. The fraction of sp³-hybridized carbons (Fsp3) is 0.320. The number of aldehydes is 1. The van der Waals surface area contributed by atoms with E-state index < -0.39 is 22.9 Å². The Morgan fingerprint density at radius 2 is 1.97 bits per heavy atom. The molecule has 0 aliphatic heterocycles. The van der Waals surface area contributed by atoms with Gasteiger partial charge in [-0.3, -0.25) is 13.9 Å². The minimum Gasteiger partial charge on any atom is -0.436 e. The van der Waals surface area contributed by atoms with E-state index in [1.54, 1.807) is 38.1 Å². The highest BCUT2D eigenvalue weighted by Crippen LogP contribution is 2.32. The lowest BCUT2D eigenvalue weighted by atomic mass is 10.1. The monoisotopic (exact) mass is 564 g/mol. The van der Waals surface area contributed by atoms with E-state index in [4.69, 9.17) is 21.5 Å². The van der Waals surface area contributed by atoms with Crippen LogP contribution in [-0.4, -0.2) is 53.5 Å². The van der Waals surface area contributed by atoms with E-state index in [1.807, 2.05) is 0 Å². The summed E-state index contributed by atoms with van der Waals surface area (Å²) in [6.45, 7) is 3.23. The molecule has 1 saturated carbocycles. The number of amides is 1. The summed E-state index contributed by atoms with van der Waals surface area (Å²) in [5.74, 6) is -1.11. The van der Waals surface area contributed by atoms with Gasteiger partial charge >= 0.3 is 0 Å². The van der Waals surface area contributed by atoms with Crippen molar-refractivity contribution in [1.82, 2.24) is 15.2 Å². The molecule has 0 saturated heterocycles. The minimum atomic E-state index is -1.81. The largest absolute Gasteiger partial charge is 0.436 e. The second kappa shape index (κ2) is 12.4. The summed E-state index contributed by atoms with van der Waals surface area (Å²) in [5, 5.41) is 11.3. The first-order valence-electron chi connectivity index (χ1n) is 11.6. The highest BCUT2D eigenvalue weighted by atomic mass is 35.5. The normalized spacial score (nSPS) is 15.1. The van der Waals surface area contributed by atoms with Crippen molar-refractivity contribution in [1.29, 1.82) is 0 Å². The molecule has 1 aromatic heterocycles.